The SMILES string of the molecule is Nc1nn2cc(Cl)cnc2c1-n1nnc2ccccc21. The van der Waals surface area contributed by atoms with E-state index in [1.807, 2.05) is 24.3 Å². The topological polar surface area (TPSA) is 86.9 Å². The number of nitrogen functional groups attached to an aromatic ring is 1. The van der Waals surface area contributed by atoms with Crippen LogP contribution in [0.2, 0.25) is 5.02 Å². The second kappa shape index (κ2) is 3.91. The third-order valence-corrected chi connectivity index (χ3v) is 3.20. The highest BCUT2D eigenvalue weighted by Crippen LogP contribution is 2.24. The van der Waals surface area contributed by atoms with Crippen molar-refractivity contribution in [1.29, 1.82) is 0 Å². The molecule has 0 aliphatic rings. The Morgan fingerprint density at radius 3 is 2.95 bits per heavy atom. The molecule has 0 unspecified atom stereocenters. The molecular weight excluding hydrogens is 278 g/mol. The van der Waals surface area contributed by atoms with Gasteiger partial charge in [-0.1, -0.05) is 28.9 Å². The zero-order valence-corrected chi connectivity index (χ0v) is 10.9. The zero-order valence-electron chi connectivity index (χ0n) is 10.1. The van der Waals surface area contributed by atoms with Crippen molar-refractivity contribution < 1.29 is 0 Å². The molecule has 0 radical (unpaired) electrons. The molecule has 0 aliphatic heterocycles. The fourth-order valence-electron chi connectivity index (χ4n) is 2.15. The van der Waals surface area contributed by atoms with Crippen LogP contribution >= 0.6 is 11.6 Å². The molecule has 1 aromatic carbocycles. The first-order valence-corrected chi connectivity index (χ1v) is 6.22. The summed E-state index contributed by atoms with van der Waals surface area (Å²) >= 11 is 5.90. The predicted octanol–water partition coefficient (Wildman–Crippen LogP) is 1.70. The maximum Gasteiger partial charge on any atom is 0.183 e. The summed E-state index contributed by atoms with van der Waals surface area (Å²) in [5.41, 5.74) is 8.76. The molecule has 0 atom stereocenters. The van der Waals surface area contributed by atoms with Crippen LogP contribution in [0.1, 0.15) is 0 Å². The van der Waals surface area contributed by atoms with Crippen LogP contribution < -0.4 is 5.73 Å². The molecule has 20 heavy (non-hydrogen) atoms. The fraction of sp³-hybridized carbons (Fsp3) is 0. The number of hydrogen-bond acceptors (Lipinski definition) is 5. The quantitative estimate of drug-likeness (QED) is 0.575. The van der Waals surface area contributed by atoms with Crippen molar-refractivity contribution in [2.75, 3.05) is 5.73 Å². The Labute approximate surface area is 117 Å². The van der Waals surface area contributed by atoms with Gasteiger partial charge < -0.3 is 5.73 Å². The Balaban J connectivity index is 2.09. The van der Waals surface area contributed by atoms with Crippen molar-refractivity contribution >= 4 is 34.1 Å². The Morgan fingerprint density at radius 1 is 1.20 bits per heavy atom. The second-order valence-corrected chi connectivity index (χ2v) is 4.70. The molecule has 2 N–H and O–H groups in total. The Bertz CT molecular complexity index is 939. The number of nitrogens with zero attached hydrogens (tertiary/aromatic N) is 6. The molecule has 7 nitrogen and oxygen atoms in total. The molecule has 3 heterocycles. The average Bonchev–Trinajstić information content (AvgIpc) is 2.98. The van der Waals surface area contributed by atoms with E-state index < -0.39 is 0 Å². The minimum atomic E-state index is 0.315. The van der Waals surface area contributed by atoms with Crippen LogP contribution in [0.3, 0.4) is 0 Å². The van der Waals surface area contributed by atoms with E-state index in [-0.39, 0.29) is 0 Å². The van der Waals surface area contributed by atoms with Gasteiger partial charge in [-0.2, -0.15) is 0 Å². The second-order valence-electron chi connectivity index (χ2n) is 4.26. The maximum atomic E-state index is 5.98. The van der Waals surface area contributed by atoms with Gasteiger partial charge in [0.25, 0.3) is 0 Å². The van der Waals surface area contributed by atoms with Gasteiger partial charge >= 0.3 is 0 Å². The lowest BCUT2D eigenvalue weighted by molar-refractivity contribution is 0.828. The molecule has 8 heteroatoms. The molecule has 98 valence electrons. The highest BCUT2D eigenvalue weighted by Gasteiger charge is 2.17. The van der Waals surface area contributed by atoms with Crippen molar-refractivity contribution in [2.45, 2.75) is 0 Å². The first-order valence-electron chi connectivity index (χ1n) is 5.84. The van der Waals surface area contributed by atoms with Crippen molar-refractivity contribution in [3.8, 4) is 5.69 Å². The summed E-state index contributed by atoms with van der Waals surface area (Å²) in [6.07, 6.45) is 3.18. The molecular formula is C12H8ClN7. The normalized spacial score (nSPS) is 11.4. The maximum absolute atomic E-state index is 5.98. The van der Waals surface area contributed by atoms with E-state index >= 15 is 0 Å². The highest BCUT2D eigenvalue weighted by molar-refractivity contribution is 6.30. The monoisotopic (exact) mass is 285 g/mol. The molecule has 0 aliphatic carbocycles. The van der Waals surface area contributed by atoms with Gasteiger partial charge in [-0.25, -0.2) is 14.2 Å². The number of para-hydroxylation sites is 1. The number of benzene rings is 1. The summed E-state index contributed by atoms with van der Waals surface area (Å²) in [5, 5.41) is 12.9. The fourth-order valence-corrected chi connectivity index (χ4v) is 2.30. The predicted molar refractivity (Wildman–Crippen MR) is 74.8 cm³/mol. The van der Waals surface area contributed by atoms with Gasteiger partial charge in [0, 0.05) is 6.20 Å². The van der Waals surface area contributed by atoms with Gasteiger partial charge in [0.1, 0.15) is 5.52 Å². The van der Waals surface area contributed by atoms with Crippen molar-refractivity contribution in [3.63, 3.8) is 0 Å². The Hall–Kier alpha value is -2.67. The van der Waals surface area contributed by atoms with Gasteiger partial charge in [0.2, 0.25) is 0 Å². The first-order chi connectivity index (χ1) is 9.74. The number of fused-ring (bicyclic) bond motifs is 2. The van der Waals surface area contributed by atoms with Gasteiger partial charge in [-0.05, 0) is 12.1 Å². The van der Waals surface area contributed by atoms with Crippen LogP contribution in [0.15, 0.2) is 36.7 Å². The summed E-state index contributed by atoms with van der Waals surface area (Å²) in [5.74, 6) is 0.315. The lowest BCUT2D eigenvalue weighted by Crippen LogP contribution is -2.00. The summed E-state index contributed by atoms with van der Waals surface area (Å²) in [6.45, 7) is 0. The van der Waals surface area contributed by atoms with E-state index in [0.717, 1.165) is 11.0 Å². The molecule has 0 saturated carbocycles. The van der Waals surface area contributed by atoms with E-state index in [4.69, 9.17) is 17.3 Å². The van der Waals surface area contributed by atoms with Crippen LogP contribution in [0.5, 0.6) is 0 Å². The molecule has 0 bridgehead atoms. The highest BCUT2D eigenvalue weighted by atomic mass is 35.5. The molecule has 0 saturated heterocycles. The van der Waals surface area contributed by atoms with Crippen LogP contribution in [-0.2, 0) is 0 Å². The van der Waals surface area contributed by atoms with E-state index in [1.165, 1.54) is 4.52 Å². The largest absolute Gasteiger partial charge is 0.380 e. The van der Waals surface area contributed by atoms with Crippen molar-refractivity contribution in [1.82, 2.24) is 29.6 Å². The van der Waals surface area contributed by atoms with Crippen molar-refractivity contribution in [2.24, 2.45) is 0 Å². The zero-order chi connectivity index (χ0) is 13.7. The summed E-state index contributed by atoms with van der Waals surface area (Å²) in [4.78, 5) is 4.26. The average molecular weight is 286 g/mol. The number of halogens is 1. The van der Waals surface area contributed by atoms with Gasteiger partial charge in [-0.3, -0.25) is 0 Å². The van der Waals surface area contributed by atoms with Gasteiger partial charge in [0.05, 0.1) is 16.7 Å². The van der Waals surface area contributed by atoms with E-state index in [1.54, 1.807) is 17.1 Å². The number of hydrogen-bond donors (Lipinski definition) is 1. The van der Waals surface area contributed by atoms with Crippen molar-refractivity contribution in [3.05, 3.63) is 41.7 Å². The van der Waals surface area contributed by atoms with Crippen LogP contribution in [0.4, 0.5) is 5.82 Å². The Kier molecular flexibility index (Phi) is 2.19. The summed E-state index contributed by atoms with van der Waals surface area (Å²) < 4.78 is 3.16. The number of nitrogens with two attached hydrogens (primary N) is 1. The number of aromatic nitrogens is 6. The van der Waals surface area contributed by atoms with E-state index in [2.05, 4.69) is 20.4 Å². The minimum absolute atomic E-state index is 0.315. The number of anilines is 1. The molecule has 0 fully saturated rings. The lowest BCUT2D eigenvalue weighted by atomic mass is 10.3. The van der Waals surface area contributed by atoms with Crippen LogP contribution in [-0.4, -0.2) is 29.6 Å². The van der Waals surface area contributed by atoms with E-state index in [0.29, 0.717) is 22.2 Å². The van der Waals surface area contributed by atoms with E-state index in [9.17, 15) is 0 Å². The summed E-state index contributed by atoms with van der Waals surface area (Å²) in [6, 6.07) is 7.60. The standard InChI is InChI=1S/C12H8ClN7/c13-7-5-15-12-10(11(14)17-19(12)6-7)20-9-4-2-1-3-8(9)16-18-20/h1-6H,(H2,14,17). The number of rotatable bonds is 1. The lowest BCUT2D eigenvalue weighted by Gasteiger charge is -2.00. The minimum Gasteiger partial charge on any atom is -0.380 e. The van der Waals surface area contributed by atoms with Crippen LogP contribution in [0, 0.1) is 0 Å². The third kappa shape index (κ3) is 1.47. The third-order valence-electron chi connectivity index (χ3n) is 3.01. The smallest absolute Gasteiger partial charge is 0.183 e. The van der Waals surface area contributed by atoms with Gasteiger partial charge in [0.15, 0.2) is 17.2 Å². The molecule has 0 amide bonds. The van der Waals surface area contributed by atoms with Gasteiger partial charge in [-0.15, -0.1) is 10.2 Å². The molecule has 0 spiro atoms. The summed E-state index contributed by atoms with van der Waals surface area (Å²) in [7, 11) is 0. The Morgan fingerprint density at radius 2 is 2.05 bits per heavy atom. The molecule has 4 aromatic rings. The van der Waals surface area contributed by atoms with Crippen LogP contribution in [0.25, 0.3) is 22.4 Å². The molecule has 4 rings (SSSR count). The molecule has 3 aromatic heterocycles. The first kappa shape index (κ1) is 11.2.